The quantitative estimate of drug-likeness (QED) is 0.896. The van der Waals surface area contributed by atoms with E-state index in [1.807, 2.05) is 30.3 Å². The van der Waals surface area contributed by atoms with E-state index in [0.29, 0.717) is 19.4 Å². The summed E-state index contributed by atoms with van der Waals surface area (Å²) in [4.78, 5) is 12.3. The van der Waals surface area contributed by atoms with Crippen molar-refractivity contribution in [1.29, 1.82) is 0 Å². The molecule has 0 radical (unpaired) electrons. The maximum Gasteiger partial charge on any atom is 0.226 e. The van der Waals surface area contributed by atoms with Crippen LogP contribution in [0.2, 0.25) is 0 Å². The Hall–Kier alpha value is -1.36. The lowest BCUT2D eigenvalue weighted by Gasteiger charge is -2.36. The van der Waals surface area contributed by atoms with Crippen LogP contribution in [0.25, 0.3) is 0 Å². The maximum absolute atomic E-state index is 12.3. The van der Waals surface area contributed by atoms with E-state index in [4.69, 9.17) is 0 Å². The summed E-state index contributed by atoms with van der Waals surface area (Å²) in [5.41, 5.74) is 0.501. The van der Waals surface area contributed by atoms with Crippen molar-refractivity contribution in [3.63, 3.8) is 0 Å². The first kappa shape index (κ1) is 15.0. The van der Waals surface area contributed by atoms with Gasteiger partial charge in [0.2, 0.25) is 5.91 Å². The summed E-state index contributed by atoms with van der Waals surface area (Å²) in [5.74, 6) is 0.0593. The molecular weight excluding hydrogens is 274 g/mol. The lowest BCUT2D eigenvalue weighted by molar-refractivity contribution is -0.133. The number of nitrogens with one attached hydrogen (secondary N) is 1. The van der Waals surface area contributed by atoms with Crippen molar-refractivity contribution < 1.29 is 13.2 Å². The second-order valence-corrected chi connectivity index (χ2v) is 7.94. The molecule has 0 bridgehead atoms. The van der Waals surface area contributed by atoms with Crippen LogP contribution in [-0.4, -0.2) is 32.9 Å². The van der Waals surface area contributed by atoms with Crippen LogP contribution < -0.4 is 5.32 Å². The zero-order chi connectivity index (χ0) is 14.6. The maximum atomic E-state index is 12.3. The minimum Gasteiger partial charge on any atom is -0.356 e. The van der Waals surface area contributed by atoms with Gasteiger partial charge in [-0.15, -0.1) is 0 Å². The molecule has 1 saturated heterocycles. The number of sulfone groups is 1. The Labute approximate surface area is 120 Å². The normalized spacial score (nSPS) is 23.4. The van der Waals surface area contributed by atoms with Crippen LogP contribution >= 0.6 is 0 Å². The van der Waals surface area contributed by atoms with Gasteiger partial charge in [-0.2, -0.15) is 0 Å². The molecule has 1 unspecified atom stereocenters. The summed E-state index contributed by atoms with van der Waals surface area (Å²) in [5, 5.41) is 2.90. The number of carbonyl (C=O) groups excluding carboxylic acids is 1. The van der Waals surface area contributed by atoms with E-state index in [1.54, 1.807) is 0 Å². The molecule has 4 nitrogen and oxygen atoms in total. The zero-order valence-electron chi connectivity index (χ0n) is 11.8. The van der Waals surface area contributed by atoms with Crippen LogP contribution in [-0.2, 0) is 21.1 Å². The zero-order valence-corrected chi connectivity index (χ0v) is 12.6. The number of carbonyl (C=O) groups is 1. The lowest BCUT2D eigenvalue weighted by Crippen LogP contribution is -2.48. The Bertz CT molecular complexity index is 568. The van der Waals surface area contributed by atoms with Crippen molar-refractivity contribution in [3.05, 3.63) is 35.9 Å². The molecule has 1 aliphatic heterocycles. The standard InChI is InChI=1S/C15H21NO3S/c1-20(18,19)11-9-15(8-5-10-16-14(15)17)12-13-6-3-2-4-7-13/h2-4,6-7H,5,8-12H2,1H3,(H,16,17). The fourth-order valence-electron chi connectivity index (χ4n) is 2.79. The Balaban J connectivity index is 2.21. The van der Waals surface area contributed by atoms with E-state index in [9.17, 15) is 13.2 Å². The van der Waals surface area contributed by atoms with Crippen molar-refractivity contribution in [2.45, 2.75) is 25.7 Å². The molecule has 20 heavy (non-hydrogen) atoms. The molecule has 1 N–H and O–H groups in total. The van der Waals surface area contributed by atoms with Crippen LogP contribution in [0.5, 0.6) is 0 Å². The van der Waals surface area contributed by atoms with Gasteiger partial charge in [0.25, 0.3) is 0 Å². The van der Waals surface area contributed by atoms with E-state index < -0.39 is 15.3 Å². The number of hydrogen-bond donors (Lipinski definition) is 1. The topological polar surface area (TPSA) is 63.2 Å². The van der Waals surface area contributed by atoms with Gasteiger partial charge in [-0.3, -0.25) is 4.79 Å². The average molecular weight is 295 g/mol. The van der Waals surface area contributed by atoms with Crippen molar-refractivity contribution in [1.82, 2.24) is 5.32 Å². The summed E-state index contributed by atoms with van der Waals surface area (Å²) in [6, 6.07) is 9.81. The van der Waals surface area contributed by atoms with Gasteiger partial charge < -0.3 is 5.32 Å². The number of piperidine rings is 1. The number of benzene rings is 1. The van der Waals surface area contributed by atoms with E-state index in [0.717, 1.165) is 18.4 Å². The summed E-state index contributed by atoms with van der Waals surface area (Å²) < 4.78 is 22.9. The largest absolute Gasteiger partial charge is 0.356 e. The molecule has 0 aromatic heterocycles. The highest BCUT2D eigenvalue weighted by molar-refractivity contribution is 7.90. The van der Waals surface area contributed by atoms with Crippen molar-refractivity contribution in [2.75, 3.05) is 18.6 Å². The molecule has 2 rings (SSSR count). The summed E-state index contributed by atoms with van der Waals surface area (Å²) in [6.45, 7) is 0.689. The van der Waals surface area contributed by atoms with E-state index in [2.05, 4.69) is 5.32 Å². The van der Waals surface area contributed by atoms with Crippen LogP contribution in [0, 0.1) is 5.41 Å². The van der Waals surface area contributed by atoms with E-state index >= 15 is 0 Å². The van der Waals surface area contributed by atoms with Gasteiger partial charge in [-0.25, -0.2) is 8.42 Å². The van der Waals surface area contributed by atoms with Crippen molar-refractivity contribution in [3.8, 4) is 0 Å². The molecule has 0 saturated carbocycles. The van der Waals surface area contributed by atoms with Gasteiger partial charge in [0.15, 0.2) is 0 Å². The van der Waals surface area contributed by atoms with Crippen LogP contribution in [0.15, 0.2) is 30.3 Å². The molecule has 110 valence electrons. The van der Waals surface area contributed by atoms with Crippen LogP contribution in [0.1, 0.15) is 24.8 Å². The average Bonchev–Trinajstić information content (AvgIpc) is 2.40. The summed E-state index contributed by atoms with van der Waals surface area (Å²) in [7, 11) is -3.06. The van der Waals surface area contributed by atoms with Gasteiger partial charge in [-0.1, -0.05) is 30.3 Å². The molecule has 5 heteroatoms. The highest BCUT2D eigenvalue weighted by Gasteiger charge is 2.40. The van der Waals surface area contributed by atoms with Gasteiger partial charge in [0.05, 0.1) is 11.2 Å². The third-order valence-corrected chi connectivity index (χ3v) is 4.88. The molecule has 1 heterocycles. The first-order valence-electron chi connectivity index (χ1n) is 6.91. The number of amides is 1. The summed E-state index contributed by atoms with van der Waals surface area (Å²) in [6.07, 6.45) is 3.89. The van der Waals surface area contributed by atoms with E-state index in [1.165, 1.54) is 6.26 Å². The molecule has 1 aliphatic rings. The van der Waals surface area contributed by atoms with Crippen molar-refractivity contribution >= 4 is 15.7 Å². The minimum absolute atomic E-state index is 0.00347. The van der Waals surface area contributed by atoms with E-state index in [-0.39, 0.29) is 11.7 Å². The molecule has 1 amide bonds. The Morgan fingerprint density at radius 1 is 1.25 bits per heavy atom. The molecule has 1 aromatic carbocycles. The fraction of sp³-hybridized carbons (Fsp3) is 0.533. The molecular formula is C15H21NO3S. The predicted octanol–water partition coefficient (Wildman–Crippen LogP) is 1.56. The smallest absolute Gasteiger partial charge is 0.226 e. The number of rotatable bonds is 5. The minimum atomic E-state index is -3.06. The molecule has 1 aromatic rings. The first-order valence-corrected chi connectivity index (χ1v) is 8.97. The van der Waals surface area contributed by atoms with Gasteiger partial charge in [0.1, 0.15) is 9.84 Å². The third kappa shape index (κ3) is 3.82. The van der Waals surface area contributed by atoms with Gasteiger partial charge in [-0.05, 0) is 31.2 Å². The first-order chi connectivity index (χ1) is 9.41. The molecule has 0 aliphatic carbocycles. The van der Waals surface area contributed by atoms with Crippen LogP contribution in [0.3, 0.4) is 0 Å². The Kier molecular flexibility index (Phi) is 4.48. The highest BCUT2D eigenvalue weighted by atomic mass is 32.2. The monoisotopic (exact) mass is 295 g/mol. The second-order valence-electron chi connectivity index (χ2n) is 5.68. The Morgan fingerprint density at radius 2 is 1.95 bits per heavy atom. The highest BCUT2D eigenvalue weighted by Crippen LogP contribution is 2.35. The predicted molar refractivity (Wildman–Crippen MR) is 79.2 cm³/mol. The molecule has 0 spiro atoms. The number of hydrogen-bond acceptors (Lipinski definition) is 3. The molecule has 1 fully saturated rings. The van der Waals surface area contributed by atoms with Crippen LogP contribution in [0.4, 0.5) is 0 Å². The van der Waals surface area contributed by atoms with Crippen molar-refractivity contribution in [2.24, 2.45) is 5.41 Å². The SMILES string of the molecule is CS(=O)(=O)CCC1(Cc2ccccc2)CCCNC1=O. The van der Waals surface area contributed by atoms with Gasteiger partial charge >= 0.3 is 0 Å². The molecule has 1 atom stereocenters. The third-order valence-electron chi connectivity index (χ3n) is 3.94. The second kappa shape index (κ2) is 5.95. The Morgan fingerprint density at radius 3 is 2.55 bits per heavy atom. The van der Waals surface area contributed by atoms with Gasteiger partial charge in [0, 0.05) is 12.8 Å². The fourth-order valence-corrected chi connectivity index (χ4v) is 3.55. The lowest BCUT2D eigenvalue weighted by atomic mass is 9.73. The summed E-state index contributed by atoms with van der Waals surface area (Å²) >= 11 is 0.